The highest BCUT2D eigenvalue weighted by Crippen LogP contribution is 2.24. The molecule has 6 heteroatoms. The van der Waals surface area contributed by atoms with Gasteiger partial charge in [0.25, 0.3) is 0 Å². The lowest BCUT2D eigenvalue weighted by molar-refractivity contribution is 0.729. The highest BCUT2D eigenvalue weighted by Gasteiger charge is 2.16. The molecular weight excluding hydrogens is 258 g/mol. The second-order valence-electron chi connectivity index (χ2n) is 4.66. The Morgan fingerprint density at radius 3 is 2.74 bits per heavy atom. The Bertz CT molecular complexity index is 734. The maximum atomic E-state index is 6.04. The molecule has 2 N–H and O–H groups in total. The highest BCUT2D eigenvalue weighted by molar-refractivity contribution is 7.11. The molecule has 0 spiro atoms. The molecule has 3 heterocycles. The van der Waals surface area contributed by atoms with E-state index < -0.39 is 0 Å². The van der Waals surface area contributed by atoms with Crippen LogP contribution in [0.3, 0.4) is 0 Å². The van der Waals surface area contributed by atoms with E-state index in [9.17, 15) is 0 Å². The Labute approximate surface area is 115 Å². The van der Waals surface area contributed by atoms with Gasteiger partial charge in [0.05, 0.1) is 12.2 Å². The van der Waals surface area contributed by atoms with E-state index in [0.717, 1.165) is 29.8 Å². The van der Waals surface area contributed by atoms with Crippen LogP contribution in [-0.4, -0.2) is 19.3 Å². The summed E-state index contributed by atoms with van der Waals surface area (Å²) in [5.41, 5.74) is 8.84. The van der Waals surface area contributed by atoms with Crippen LogP contribution in [0.2, 0.25) is 0 Å². The average Bonchev–Trinajstić information content (AvgIpc) is 3.01. The molecule has 3 aromatic rings. The van der Waals surface area contributed by atoms with Crippen LogP contribution in [0.5, 0.6) is 0 Å². The quantitative estimate of drug-likeness (QED) is 0.798. The van der Waals surface area contributed by atoms with Crippen LogP contribution in [-0.2, 0) is 20.0 Å². The van der Waals surface area contributed by atoms with Crippen molar-refractivity contribution >= 4 is 28.4 Å². The normalized spacial score (nSPS) is 11.5. The number of rotatable bonds is 3. The number of hydrogen-bond donors (Lipinski definition) is 1. The van der Waals surface area contributed by atoms with Crippen molar-refractivity contribution < 1.29 is 0 Å². The zero-order valence-corrected chi connectivity index (χ0v) is 12.2. The van der Waals surface area contributed by atoms with Gasteiger partial charge in [0.2, 0.25) is 5.95 Å². The predicted octanol–water partition coefficient (Wildman–Crippen LogP) is 2.33. The van der Waals surface area contributed by atoms with E-state index in [1.807, 2.05) is 34.6 Å². The minimum atomic E-state index is 0.553. The van der Waals surface area contributed by atoms with Crippen molar-refractivity contribution in [1.29, 1.82) is 0 Å². The Morgan fingerprint density at radius 2 is 2.05 bits per heavy atom. The van der Waals surface area contributed by atoms with Crippen LogP contribution in [0.15, 0.2) is 12.1 Å². The maximum absolute atomic E-state index is 6.04. The number of aromatic nitrogens is 4. The average molecular weight is 275 g/mol. The molecule has 0 unspecified atom stereocenters. The standard InChI is InChI=1S/C13H17N5S/c1-4-9-5-6-10(19-9)7-18-12-11(15-13(18)14)8(2)16-17(12)3/h5-6H,4,7H2,1-3H3,(H2,14,15). The van der Waals surface area contributed by atoms with Crippen LogP contribution in [0.1, 0.15) is 22.4 Å². The van der Waals surface area contributed by atoms with E-state index in [-0.39, 0.29) is 0 Å². The lowest BCUT2D eigenvalue weighted by atomic mass is 10.3. The fraction of sp³-hybridized carbons (Fsp3) is 0.385. The lowest BCUT2D eigenvalue weighted by Gasteiger charge is -2.04. The van der Waals surface area contributed by atoms with Crippen molar-refractivity contribution in [3.05, 3.63) is 27.6 Å². The molecule has 3 aromatic heterocycles. The second-order valence-corrected chi connectivity index (χ2v) is 5.91. The van der Waals surface area contributed by atoms with Gasteiger partial charge in [0.1, 0.15) is 5.52 Å². The van der Waals surface area contributed by atoms with Gasteiger partial charge in [-0.2, -0.15) is 5.10 Å². The van der Waals surface area contributed by atoms with Crippen molar-refractivity contribution in [3.63, 3.8) is 0 Å². The van der Waals surface area contributed by atoms with E-state index in [1.165, 1.54) is 9.75 Å². The first kappa shape index (κ1) is 12.2. The molecule has 3 rings (SSSR count). The van der Waals surface area contributed by atoms with E-state index in [0.29, 0.717) is 5.95 Å². The second kappa shape index (κ2) is 4.38. The fourth-order valence-corrected chi connectivity index (χ4v) is 3.31. The Morgan fingerprint density at radius 1 is 1.32 bits per heavy atom. The number of nitrogen functional groups attached to an aromatic ring is 1. The smallest absolute Gasteiger partial charge is 0.202 e. The third-order valence-corrected chi connectivity index (χ3v) is 4.51. The molecule has 0 aliphatic carbocycles. The molecule has 0 bridgehead atoms. The highest BCUT2D eigenvalue weighted by atomic mass is 32.1. The molecule has 0 fully saturated rings. The first-order valence-electron chi connectivity index (χ1n) is 6.33. The number of aryl methyl sites for hydroxylation is 3. The number of imidazole rings is 1. The van der Waals surface area contributed by atoms with Crippen LogP contribution >= 0.6 is 11.3 Å². The van der Waals surface area contributed by atoms with Crippen molar-refractivity contribution in [2.24, 2.45) is 7.05 Å². The zero-order valence-electron chi connectivity index (χ0n) is 11.3. The summed E-state index contributed by atoms with van der Waals surface area (Å²) in [6.07, 6.45) is 1.07. The summed E-state index contributed by atoms with van der Waals surface area (Å²) < 4.78 is 3.88. The topological polar surface area (TPSA) is 61.7 Å². The summed E-state index contributed by atoms with van der Waals surface area (Å²) in [7, 11) is 1.93. The fourth-order valence-electron chi connectivity index (χ4n) is 2.36. The van der Waals surface area contributed by atoms with E-state index in [2.05, 4.69) is 29.1 Å². The molecule has 100 valence electrons. The van der Waals surface area contributed by atoms with E-state index >= 15 is 0 Å². The van der Waals surface area contributed by atoms with Gasteiger partial charge >= 0.3 is 0 Å². The first-order chi connectivity index (χ1) is 9.10. The summed E-state index contributed by atoms with van der Waals surface area (Å²) in [5, 5.41) is 4.40. The van der Waals surface area contributed by atoms with Crippen LogP contribution < -0.4 is 5.73 Å². The molecule has 0 aliphatic rings. The number of thiophene rings is 1. The SMILES string of the molecule is CCc1ccc(Cn2c(N)nc3c(C)nn(C)c32)s1. The predicted molar refractivity (Wildman–Crippen MR) is 78.4 cm³/mol. The van der Waals surface area contributed by atoms with Crippen molar-refractivity contribution in [1.82, 2.24) is 19.3 Å². The van der Waals surface area contributed by atoms with Crippen molar-refractivity contribution in [2.45, 2.75) is 26.8 Å². The molecule has 0 atom stereocenters. The molecule has 0 aromatic carbocycles. The molecule has 0 radical (unpaired) electrons. The Balaban J connectivity index is 2.06. The van der Waals surface area contributed by atoms with Crippen molar-refractivity contribution in [3.8, 4) is 0 Å². The minimum Gasteiger partial charge on any atom is -0.369 e. The van der Waals surface area contributed by atoms with Gasteiger partial charge in [-0.3, -0.25) is 9.25 Å². The van der Waals surface area contributed by atoms with E-state index in [1.54, 1.807) is 0 Å². The maximum Gasteiger partial charge on any atom is 0.202 e. The van der Waals surface area contributed by atoms with E-state index in [4.69, 9.17) is 5.73 Å². The van der Waals surface area contributed by atoms with Gasteiger partial charge in [0.15, 0.2) is 5.65 Å². The number of nitrogens with two attached hydrogens (primary N) is 1. The molecule has 0 aliphatic heterocycles. The molecule has 0 saturated heterocycles. The summed E-state index contributed by atoms with van der Waals surface area (Å²) in [5.74, 6) is 0.553. The van der Waals surface area contributed by atoms with Gasteiger partial charge < -0.3 is 5.73 Å². The lowest BCUT2D eigenvalue weighted by Crippen LogP contribution is -2.07. The van der Waals surface area contributed by atoms with Gasteiger partial charge in [-0.05, 0) is 25.5 Å². The Hall–Kier alpha value is -1.82. The third kappa shape index (κ3) is 1.92. The monoisotopic (exact) mass is 275 g/mol. The number of fused-ring (bicyclic) bond motifs is 1. The van der Waals surface area contributed by atoms with Gasteiger partial charge in [-0.15, -0.1) is 11.3 Å². The summed E-state index contributed by atoms with van der Waals surface area (Å²) in [6, 6.07) is 4.34. The Kier molecular flexibility index (Phi) is 2.82. The molecular formula is C13H17N5S. The van der Waals surface area contributed by atoms with Crippen molar-refractivity contribution in [2.75, 3.05) is 5.73 Å². The summed E-state index contributed by atoms with van der Waals surface area (Å²) >= 11 is 1.83. The first-order valence-corrected chi connectivity index (χ1v) is 7.14. The van der Waals surface area contributed by atoms with Crippen LogP contribution in [0.4, 0.5) is 5.95 Å². The largest absolute Gasteiger partial charge is 0.369 e. The number of hydrogen-bond acceptors (Lipinski definition) is 4. The molecule has 5 nitrogen and oxygen atoms in total. The van der Waals surface area contributed by atoms with Gasteiger partial charge in [0, 0.05) is 16.8 Å². The van der Waals surface area contributed by atoms with Gasteiger partial charge in [-0.1, -0.05) is 6.92 Å². The number of anilines is 1. The third-order valence-electron chi connectivity index (χ3n) is 3.30. The minimum absolute atomic E-state index is 0.553. The van der Waals surface area contributed by atoms with Crippen LogP contribution in [0.25, 0.3) is 11.2 Å². The summed E-state index contributed by atoms with van der Waals surface area (Å²) in [6.45, 7) is 4.88. The van der Waals surface area contributed by atoms with Crippen LogP contribution in [0, 0.1) is 6.92 Å². The number of nitrogens with zero attached hydrogens (tertiary/aromatic N) is 4. The molecule has 19 heavy (non-hydrogen) atoms. The molecule has 0 amide bonds. The summed E-state index contributed by atoms with van der Waals surface area (Å²) in [4.78, 5) is 7.11. The van der Waals surface area contributed by atoms with Gasteiger partial charge in [-0.25, -0.2) is 4.98 Å². The molecule has 0 saturated carbocycles. The zero-order chi connectivity index (χ0) is 13.6.